The molecule has 0 bridgehead atoms. The van der Waals surface area contributed by atoms with Gasteiger partial charge in [-0.2, -0.15) is 5.26 Å². The van der Waals surface area contributed by atoms with Crippen LogP contribution in [0.25, 0.3) is 0 Å². The Morgan fingerprint density at radius 3 is 2.24 bits per heavy atom. The molecule has 0 aliphatic rings. The van der Waals surface area contributed by atoms with E-state index in [0.29, 0.717) is 6.54 Å². The predicted molar refractivity (Wildman–Crippen MR) is 82.4 cm³/mol. The molecular formula is C17H17N3O. The number of nitrogens with zero attached hydrogens (tertiary/aromatic N) is 2. The van der Waals surface area contributed by atoms with Gasteiger partial charge in [0.15, 0.2) is 0 Å². The zero-order valence-corrected chi connectivity index (χ0v) is 11.6. The first-order valence-corrected chi connectivity index (χ1v) is 6.78. The summed E-state index contributed by atoms with van der Waals surface area (Å²) in [6, 6.07) is 19.9. The van der Waals surface area contributed by atoms with E-state index in [4.69, 9.17) is 11.0 Å². The molecule has 0 saturated heterocycles. The second-order valence-electron chi connectivity index (χ2n) is 4.62. The molecule has 0 spiro atoms. The van der Waals surface area contributed by atoms with Crippen LogP contribution >= 0.6 is 0 Å². The summed E-state index contributed by atoms with van der Waals surface area (Å²) in [4.78, 5) is 14.2. The van der Waals surface area contributed by atoms with E-state index in [1.54, 1.807) is 4.90 Å². The summed E-state index contributed by atoms with van der Waals surface area (Å²) in [6.45, 7) is 0.333. The molecule has 106 valence electrons. The number of rotatable bonds is 5. The van der Waals surface area contributed by atoms with Crippen molar-refractivity contribution >= 4 is 11.6 Å². The van der Waals surface area contributed by atoms with Gasteiger partial charge in [-0.1, -0.05) is 48.5 Å². The molecule has 21 heavy (non-hydrogen) atoms. The average molecular weight is 279 g/mol. The first-order valence-electron chi connectivity index (χ1n) is 6.78. The maximum atomic E-state index is 12.6. The van der Waals surface area contributed by atoms with Gasteiger partial charge in [-0.25, -0.2) is 0 Å². The third-order valence-corrected chi connectivity index (χ3v) is 3.21. The van der Waals surface area contributed by atoms with Gasteiger partial charge in [-0.15, -0.1) is 0 Å². The topological polar surface area (TPSA) is 70.1 Å². The van der Waals surface area contributed by atoms with E-state index in [2.05, 4.69) is 6.07 Å². The molecule has 1 unspecified atom stereocenters. The summed E-state index contributed by atoms with van der Waals surface area (Å²) >= 11 is 0. The molecule has 0 fully saturated rings. The lowest BCUT2D eigenvalue weighted by Gasteiger charge is -2.25. The number of amides is 1. The quantitative estimate of drug-likeness (QED) is 0.914. The molecule has 0 saturated carbocycles. The smallest absolute Gasteiger partial charge is 0.248 e. The van der Waals surface area contributed by atoms with Crippen LogP contribution in [0.4, 0.5) is 5.69 Å². The van der Waals surface area contributed by atoms with E-state index in [1.807, 2.05) is 60.7 Å². The summed E-state index contributed by atoms with van der Waals surface area (Å²) < 4.78 is 0. The van der Waals surface area contributed by atoms with Crippen LogP contribution in [0.2, 0.25) is 0 Å². The lowest BCUT2D eigenvalue weighted by Crippen LogP contribution is -2.39. The van der Waals surface area contributed by atoms with Crippen molar-refractivity contribution < 1.29 is 4.79 Å². The van der Waals surface area contributed by atoms with Crippen LogP contribution in [0.15, 0.2) is 60.7 Å². The molecule has 1 amide bonds. The van der Waals surface area contributed by atoms with Crippen LogP contribution in [-0.4, -0.2) is 12.5 Å². The zero-order valence-electron chi connectivity index (χ0n) is 11.6. The molecule has 4 heteroatoms. The number of nitrogens with two attached hydrogens (primary N) is 1. The average Bonchev–Trinajstić information content (AvgIpc) is 2.56. The Kier molecular flexibility index (Phi) is 5.08. The lowest BCUT2D eigenvalue weighted by molar-refractivity contribution is -0.119. The van der Waals surface area contributed by atoms with Crippen molar-refractivity contribution in [2.45, 2.75) is 12.5 Å². The normalized spacial score (nSPS) is 11.4. The Labute approximate surface area is 124 Å². The molecule has 0 aromatic heterocycles. The molecule has 2 rings (SSSR count). The number of anilines is 1. The third-order valence-electron chi connectivity index (χ3n) is 3.21. The van der Waals surface area contributed by atoms with Gasteiger partial charge in [-0.05, 0) is 17.7 Å². The van der Waals surface area contributed by atoms with Gasteiger partial charge < -0.3 is 10.6 Å². The summed E-state index contributed by atoms with van der Waals surface area (Å²) in [6.07, 6.45) is 0.266. The molecule has 2 N–H and O–H groups in total. The Bertz CT molecular complexity index is 619. The van der Waals surface area contributed by atoms with E-state index in [0.717, 1.165) is 11.3 Å². The molecule has 4 nitrogen and oxygen atoms in total. The second kappa shape index (κ2) is 7.22. The molecule has 2 aromatic rings. The number of para-hydroxylation sites is 1. The van der Waals surface area contributed by atoms with E-state index in [9.17, 15) is 4.79 Å². The Morgan fingerprint density at radius 1 is 1.10 bits per heavy atom. The van der Waals surface area contributed by atoms with Gasteiger partial charge in [0.25, 0.3) is 0 Å². The van der Waals surface area contributed by atoms with Crippen LogP contribution in [-0.2, 0) is 4.79 Å². The summed E-state index contributed by atoms with van der Waals surface area (Å²) in [5.74, 6) is -0.206. The van der Waals surface area contributed by atoms with Crippen LogP contribution in [0.1, 0.15) is 18.0 Å². The van der Waals surface area contributed by atoms with Gasteiger partial charge in [0, 0.05) is 12.2 Å². The fourth-order valence-corrected chi connectivity index (χ4v) is 2.11. The third kappa shape index (κ3) is 3.68. The number of nitriles is 1. The highest BCUT2D eigenvalue weighted by Crippen LogP contribution is 2.19. The van der Waals surface area contributed by atoms with E-state index >= 15 is 0 Å². The maximum absolute atomic E-state index is 12.6. The minimum atomic E-state index is -0.731. The molecule has 2 aromatic carbocycles. The number of benzene rings is 2. The van der Waals surface area contributed by atoms with Gasteiger partial charge in [0.05, 0.1) is 12.5 Å². The number of hydrogen-bond donors (Lipinski definition) is 1. The Morgan fingerprint density at radius 2 is 1.67 bits per heavy atom. The fraction of sp³-hybridized carbons (Fsp3) is 0.176. The summed E-state index contributed by atoms with van der Waals surface area (Å²) in [7, 11) is 0. The molecule has 1 atom stereocenters. The van der Waals surface area contributed by atoms with Crippen LogP contribution in [0.3, 0.4) is 0 Å². The van der Waals surface area contributed by atoms with Crippen molar-refractivity contribution in [1.29, 1.82) is 5.26 Å². The first kappa shape index (κ1) is 14.8. The van der Waals surface area contributed by atoms with Crippen LogP contribution in [0, 0.1) is 11.3 Å². The lowest BCUT2D eigenvalue weighted by atomic mass is 10.1. The Balaban J connectivity index is 2.24. The van der Waals surface area contributed by atoms with Crippen molar-refractivity contribution in [2.24, 2.45) is 5.73 Å². The second-order valence-corrected chi connectivity index (χ2v) is 4.62. The van der Waals surface area contributed by atoms with Crippen LogP contribution in [0.5, 0.6) is 0 Å². The van der Waals surface area contributed by atoms with E-state index in [-0.39, 0.29) is 12.3 Å². The van der Waals surface area contributed by atoms with Crippen molar-refractivity contribution in [3.05, 3.63) is 66.2 Å². The summed E-state index contributed by atoms with van der Waals surface area (Å²) in [5, 5.41) is 8.78. The van der Waals surface area contributed by atoms with Gasteiger partial charge in [-0.3, -0.25) is 4.79 Å². The van der Waals surface area contributed by atoms with Crippen molar-refractivity contribution in [2.75, 3.05) is 11.4 Å². The van der Waals surface area contributed by atoms with Crippen molar-refractivity contribution in [3.63, 3.8) is 0 Å². The van der Waals surface area contributed by atoms with Crippen LogP contribution < -0.4 is 10.6 Å². The van der Waals surface area contributed by atoms with Gasteiger partial charge >= 0.3 is 0 Å². The first-order chi connectivity index (χ1) is 10.2. The van der Waals surface area contributed by atoms with E-state index in [1.165, 1.54) is 0 Å². The highest BCUT2D eigenvalue weighted by Gasteiger charge is 2.23. The molecule has 0 aliphatic carbocycles. The monoisotopic (exact) mass is 279 g/mol. The number of carbonyl (C=O) groups excluding carboxylic acids is 1. The maximum Gasteiger partial charge on any atom is 0.248 e. The van der Waals surface area contributed by atoms with E-state index < -0.39 is 6.04 Å². The van der Waals surface area contributed by atoms with Crippen molar-refractivity contribution in [3.8, 4) is 6.07 Å². The SMILES string of the molecule is N#CCCN(C(=O)C(N)c1ccccc1)c1ccccc1. The Hall–Kier alpha value is -2.64. The van der Waals surface area contributed by atoms with Gasteiger partial charge in [0.1, 0.15) is 6.04 Å². The highest BCUT2D eigenvalue weighted by molar-refractivity contribution is 5.97. The molecular weight excluding hydrogens is 262 g/mol. The molecule has 0 radical (unpaired) electrons. The standard InChI is InChI=1S/C17H17N3O/c18-12-7-13-20(15-10-5-2-6-11-15)17(21)16(19)14-8-3-1-4-9-14/h1-6,8-11,16H,7,13,19H2. The zero-order chi connectivity index (χ0) is 15.1. The molecule has 0 aliphatic heterocycles. The molecule has 0 heterocycles. The van der Waals surface area contributed by atoms with Gasteiger partial charge in [0.2, 0.25) is 5.91 Å². The highest BCUT2D eigenvalue weighted by atomic mass is 16.2. The largest absolute Gasteiger partial charge is 0.316 e. The number of carbonyl (C=O) groups is 1. The van der Waals surface area contributed by atoms with Crippen molar-refractivity contribution in [1.82, 2.24) is 0 Å². The summed E-state index contributed by atoms with van der Waals surface area (Å²) in [5.41, 5.74) is 7.59. The predicted octanol–water partition coefficient (Wildman–Crippen LogP) is 2.63. The minimum Gasteiger partial charge on any atom is -0.316 e. The number of hydrogen-bond acceptors (Lipinski definition) is 3. The minimum absolute atomic E-state index is 0.206. The fourth-order valence-electron chi connectivity index (χ4n) is 2.11.